The predicted octanol–water partition coefficient (Wildman–Crippen LogP) is 2.27. The standard InChI is InChI=1S/C15H32O5Si/c1-10(2)19-14-13(17)12(16)8-11(20-14)9-18-21(6,7)15(3,4)5/h10-14,16-17H,8-9H2,1-7H3/t11-,12-,13-,14-/m0/s1. The highest BCUT2D eigenvalue weighted by Gasteiger charge is 2.41. The number of aliphatic hydroxyl groups excluding tert-OH is 2. The molecule has 0 unspecified atom stereocenters. The van der Waals surface area contributed by atoms with Gasteiger partial charge in [-0.1, -0.05) is 20.8 Å². The van der Waals surface area contributed by atoms with Crippen LogP contribution in [0.2, 0.25) is 18.1 Å². The lowest BCUT2D eigenvalue weighted by Gasteiger charge is -2.41. The molecule has 0 bridgehead atoms. The van der Waals surface area contributed by atoms with E-state index in [0.29, 0.717) is 13.0 Å². The number of aliphatic hydroxyl groups is 2. The van der Waals surface area contributed by atoms with Gasteiger partial charge in [-0.3, -0.25) is 0 Å². The molecular formula is C15H32O5Si. The summed E-state index contributed by atoms with van der Waals surface area (Å²) in [4.78, 5) is 0. The molecule has 1 fully saturated rings. The topological polar surface area (TPSA) is 68.2 Å². The molecule has 0 radical (unpaired) electrons. The fourth-order valence-corrected chi connectivity index (χ4v) is 2.96. The first-order chi connectivity index (χ1) is 9.44. The van der Waals surface area contributed by atoms with E-state index < -0.39 is 26.8 Å². The largest absolute Gasteiger partial charge is 0.414 e. The van der Waals surface area contributed by atoms with Gasteiger partial charge in [0, 0.05) is 6.42 Å². The van der Waals surface area contributed by atoms with Crippen LogP contribution in [0, 0.1) is 0 Å². The maximum absolute atomic E-state index is 9.97. The van der Waals surface area contributed by atoms with Crippen molar-refractivity contribution >= 4 is 8.32 Å². The van der Waals surface area contributed by atoms with Crippen LogP contribution in [-0.4, -0.2) is 55.8 Å². The first-order valence-corrected chi connectivity index (χ1v) is 10.7. The lowest BCUT2D eigenvalue weighted by atomic mass is 10.0. The Bertz CT molecular complexity index is 327. The van der Waals surface area contributed by atoms with Crippen LogP contribution in [0.3, 0.4) is 0 Å². The molecule has 0 aliphatic carbocycles. The van der Waals surface area contributed by atoms with E-state index in [1.807, 2.05) is 13.8 Å². The summed E-state index contributed by atoms with van der Waals surface area (Å²) in [6.07, 6.45) is -2.58. The van der Waals surface area contributed by atoms with E-state index in [1.165, 1.54) is 0 Å². The second kappa shape index (κ2) is 7.06. The SMILES string of the molecule is CC(C)O[C@H]1O[C@H](CO[Si](C)(C)C(C)(C)C)C[C@H](O)[C@@H]1O. The average molecular weight is 321 g/mol. The minimum atomic E-state index is -1.85. The van der Waals surface area contributed by atoms with Crippen LogP contribution in [-0.2, 0) is 13.9 Å². The average Bonchev–Trinajstić information content (AvgIpc) is 2.30. The Hall–Kier alpha value is 0.0169. The first-order valence-electron chi connectivity index (χ1n) is 7.75. The van der Waals surface area contributed by atoms with Gasteiger partial charge >= 0.3 is 0 Å². The van der Waals surface area contributed by atoms with E-state index in [2.05, 4.69) is 33.9 Å². The normalized spacial score (nSPS) is 31.7. The molecule has 0 aromatic heterocycles. The van der Waals surface area contributed by atoms with Crippen molar-refractivity contribution in [2.24, 2.45) is 0 Å². The van der Waals surface area contributed by atoms with Gasteiger partial charge in [-0.15, -0.1) is 0 Å². The van der Waals surface area contributed by atoms with Crippen LogP contribution < -0.4 is 0 Å². The molecule has 0 amide bonds. The molecule has 2 N–H and O–H groups in total. The molecule has 1 rings (SSSR count). The molecule has 6 heteroatoms. The van der Waals surface area contributed by atoms with Crippen molar-refractivity contribution in [2.45, 2.75) is 89.9 Å². The summed E-state index contributed by atoms with van der Waals surface area (Å²) in [5.74, 6) is 0. The summed E-state index contributed by atoms with van der Waals surface area (Å²) in [6, 6.07) is 0. The second-order valence-corrected chi connectivity index (χ2v) is 12.5. The van der Waals surface area contributed by atoms with E-state index in [-0.39, 0.29) is 17.2 Å². The Morgan fingerprint density at radius 1 is 1.24 bits per heavy atom. The maximum Gasteiger partial charge on any atom is 0.192 e. The van der Waals surface area contributed by atoms with Crippen molar-refractivity contribution in [2.75, 3.05) is 6.61 Å². The molecule has 5 nitrogen and oxygen atoms in total. The Morgan fingerprint density at radius 3 is 2.29 bits per heavy atom. The molecule has 0 spiro atoms. The van der Waals surface area contributed by atoms with E-state index in [4.69, 9.17) is 13.9 Å². The monoisotopic (exact) mass is 320 g/mol. The van der Waals surface area contributed by atoms with Gasteiger partial charge < -0.3 is 24.1 Å². The number of hydrogen-bond acceptors (Lipinski definition) is 5. The zero-order valence-corrected chi connectivity index (χ0v) is 15.4. The third-order valence-electron chi connectivity index (χ3n) is 4.35. The van der Waals surface area contributed by atoms with Crippen LogP contribution in [0.25, 0.3) is 0 Å². The fraction of sp³-hybridized carbons (Fsp3) is 1.00. The molecule has 1 aliphatic heterocycles. The van der Waals surface area contributed by atoms with Crippen molar-refractivity contribution in [3.63, 3.8) is 0 Å². The summed E-state index contributed by atoms with van der Waals surface area (Å²) >= 11 is 0. The third kappa shape index (κ3) is 5.30. The zero-order chi connectivity index (χ0) is 16.4. The van der Waals surface area contributed by atoms with E-state index in [9.17, 15) is 10.2 Å². The summed E-state index contributed by atoms with van der Waals surface area (Å²) < 4.78 is 17.4. The molecule has 126 valence electrons. The lowest BCUT2D eigenvalue weighted by Crippen LogP contribution is -2.52. The molecule has 0 aromatic rings. The lowest BCUT2D eigenvalue weighted by molar-refractivity contribution is -0.280. The van der Waals surface area contributed by atoms with Crippen LogP contribution >= 0.6 is 0 Å². The minimum absolute atomic E-state index is 0.0723. The van der Waals surface area contributed by atoms with Crippen LogP contribution in [0.4, 0.5) is 0 Å². The van der Waals surface area contributed by atoms with Gasteiger partial charge in [-0.05, 0) is 32.0 Å². The Labute approximate surface area is 129 Å². The Kier molecular flexibility index (Phi) is 6.41. The Morgan fingerprint density at radius 2 is 1.81 bits per heavy atom. The first kappa shape index (κ1) is 19.1. The number of ether oxygens (including phenoxy) is 2. The highest BCUT2D eigenvalue weighted by molar-refractivity contribution is 6.74. The van der Waals surface area contributed by atoms with Crippen LogP contribution in [0.5, 0.6) is 0 Å². The Balaban J connectivity index is 2.60. The van der Waals surface area contributed by atoms with Gasteiger partial charge in [0.2, 0.25) is 0 Å². The van der Waals surface area contributed by atoms with Gasteiger partial charge in [0.15, 0.2) is 14.6 Å². The number of hydrogen-bond donors (Lipinski definition) is 2. The van der Waals surface area contributed by atoms with Crippen LogP contribution in [0.15, 0.2) is 0 Å². The molecule has 1 saturated heterocycles. The molecule has 1 heterocycles. The second-order valence-electron chi connectivity index (χ2n) is 7.68. The van der Waals surface area contributed by atoms with Gasteiger partial charge in [-0.2, -0.15) is 0 Å². The summed E-state index contributed by atoms with van der Waals surface area (Å²) in [5.41, 5.74) is 0. The number of rotatable bonds is 5. The van der Waals surface area contributed by atoms with Gasteiger partial charge in [0.05, 0.1) is 24.9 Å². The van der Waals surface area contributed by atoms with Crippen molar-refractivity contribution in [1.82, 2.24) is 0 Å². The van der Waals surface area contributed by atoms with Crippen molar-refractivity contribution < 1.29 is 24.1 Å². The van der Waals surface area contributed by atoms with Crippen molar-refractivity contribution in [1.29, 1.82) is 0 Å². The zero-order valence-electron chi connectivity index (χ0n) is 14.4. The maximum atomic E-state index is 9.97. The van der Waals surface area contributed by atoms with Gasteiger partial charge in [-0.25, -0.2) is 0 Å². The molecule has 21 heavy (non-hydrogen) atoms. The highest BCUT2D eigenvalue weighted by atomic mass is 28.4. The third-order valence-corrected chi connectivity index (χ3v) is 8.85. The summed E-state index contributed by atoms with van der Waals surface area (Å²) in [6.45, 7) is 15.1. The van der Waals surface area contributed by atoms with Crippen molar-refractivity contribution in [3.05, 3.63) is 0 Å². The quantitative estimate of drug-likeness (QED) is 0.761. The molecular weight excluding hydrogens is 288 g/mol. The van der Waals surface area contributed by atoms with E-state index in [0.717, 1.165) is 0 Å². The van der Waals surface area contributed by atoms with Gasteiger partial charge in [0.1, 0.15) is 6.10 Å². The fourth-order valence-electron chi connectivity index (χ4n) is 1.92. The van der Waals surface area contributed by atoms with E-state index in [1.54, 1.807) is 0 Å². The van der Waals surface area contributed by atoms with E-state index >= 15 is 0 Å². The molecule has 4 atom stereocenters. The summed E-state index contributed by atoms with van der Waals surface area (Å²) in [7, 11) is -1.85. The highest BCUT2D eigenvalue weighted by Crippen LogP contribution is 2.37. The van der Waals surface area contributed by atoms with Crippen molar-refractivity contribution in [3.8, 4) is 0 Å². The molecule has 0 saturated carbocycles. The van der Waals surface area contributed by atoms with Gasteiger partial charge in [0.25, 0.3) is 0 Å². The predicted molar refractivity (Wildman–Crippen MR) is 84.7 cm³/mol. The molecule has 0 aromatic carbocycles. The smallest absolute Gasteiger partial charge is 0.192 e. The minimum Gasteiger partial charge on any atom is -0.414 e. The van der Waals surface area contributed by atoms with Crippen LogP contribution in [0.1, 0.15) is 41.0 Å². The summed E-state index contributed by atoms with van der Waals surface area (Å²) in [5, 5.41) is 20.0. The molecule has 1 aliphatic rings.